The summed E-state index contributed by atoms with van der Waals surface area (Å²) in [6, 6.07) is 4.49. The monoisotopic (exact) mass is 247 g/mol. The third kappa shape index (κ3) is 2.45. The number of aliphatic hydroxyl groups is 1. The van der Waals surface area contributed by atoms with Gasteiger partial charge in [-0.15, -0.1) is 0 Å². The summed E-state index contributed by atoms with van der Waals surface area (Å²) in [6.45, 7) is 13.3. The first-order valence-corrected chi connectivity index (χ1v) is 6.83. The Kier molecular flexibility index (Phi) is 3.52. The van der Waals surface area contributed by atoms with Gasteiger partial charge in [-0.05, 0) is 43.4 Å². The van der Waals surface area contributed by atoms with E-state index >= 15 is 0 Å². The maximum atomic E-state index is 10.3. The van der Waals surface area contributed by atoms with Crippen molar-refractivity contribution in [2.75, 3.05) is 13.1 Å². The molecule has 0 saturated carbocycles. The summed E-state index contributed by atoms with van der Waals surface area (Å²) in [5, 5.41) is 10.3. The van der Waals surface area contributed by atoms with Crippen molar-refractivity contribution >= 4 is 0 Å². The van der Waals surface area contributed by atoms with Crippen molar-refractivity contribution in [1.82, 2.24) is 4.90 Å². The summed E-state index contributed by atoms with van der Waals surface area (Å²) in [5.41, 5.74) is 5.02. The molecular formula is C16H25NO. The highest BCUT2D eigenvalue weighted by Crippen LogP contribution is 2.31. The number of nitrogens with zero attached hydrogens (tertiary/aromatic N) is 1. The minimum Gasteiger partial charge on any atom is -0.387 e. The summed E-state index contributed by atoms with van der Waals surface area (Å²) >= 11 is 0. The van der Waals surface area contributed by atoms with Crippen molar-refractivity contribution in [3.8, 4) is 0 Å². The fourth-order valence-corrected chi connectivity index (χ4v) is 2.89. The van der Waals surface area contributed by atoms with E-state index in [2.05, 4.69) is 51.7 Å². The van der Waals surface area contributed by atoms with E-state index in [1.165, 1.54) is 22.3 Å². The van der Waals surface area contributed by atoms with Crippen molar-refractivity contribution in [2.24, 2.45) is 5.92 Å². The Morgan fingerprint density at radius 3 is 2.11 bits per heavy atom. The Morgan fingerprint density at radius 1 is 1.17 bits per heavy atom. The number of rotatable bonds is 3. The van der Waals surface area contributed by atoms with Crippen molar-refractivity contribution in [3.05, 3.63) is 34.4 Å². The van der Waals surface area contributed by atoms with E-state index in [1.54, 1.807) is 0 Å². The second-order valence-corrected chi connectivity index (χ2v) is 6.28. The molecule has 1 aliphatic rings. The fourth-order valence-electron chi connectivity index (χ4n) is 2.89. The van der Waals surface area contributed by atoms with E-state index < -0.39 is 5.60 Å². The van der Waals surface area contributed by atoms with Crippen molar-refractivity contribution in [2.45, 2.75) is 46.8 Å². The lowest BCUT2D eigenvalue weighted by Crippen LogP contribution is -2.63. The van der Waals surface area contributed by atoms with Gasteiger partial charge in [-0.3, -0.25) is 4.90 Å². The predicted octanol–water partition coefficient (Wildman–Crippen LogP) is 2.81. The standard InChI is InChI=1S/C16H25NO/c1-11(2)16(18)9-17(10-16)8-15-13(4)6-12(3)7-14(15)5/h6-7,11,18H,8-10H2,1-5H3. The largest absolute Gasteiger partial charge is 0.387 e. The molecule has 0 aromatic heterocycles. The van der Waals surface area contributed by atoms with Crippen molar-refractivity contribution < 1.29 is 5.11 Å². The van der Waals surface area contributed by atoms with Crippen LogP contribution in [0.2, 0.25) is 0 Å². The van der Waals surface area contributed by atoms with Crippen LogP contribution in [0.1, 0.15) is 36.1 Å². The summed E-state index contributed by atoms with van der Waals surface area (Å²) in [4.78, 5) is 2.34. The molecule has 1 aromatic rings. The van der Waals surface area contributed by atoms with Crippen molar-refractivity contribution in [1.29, 1.82) is 0 Å². The quantitative estimate of drug-likeness (QED) is 0.888. The smallest absolute Gasteiger partial charge is 0.0923 e. The molecule has 0 spiro atoms. The molecule has 2 rings (SSSR count). The molecule has 2 nitrogen and oxygen atoms in total. The zero-order valence-electron chi connectivity index (χ0n) is 12.2. The third-order valence-corrected chi connectivity index (χ3v) is 4.29. The summed E-state index contributed by atoms with van der Waals surface area (Å²) in [5.74, 6) is 0.342. The van der Waals surface area contributed by atoms with E-state index in [4.69, 9.17) is 0 Å². The number of benzene rings is 1. The molecule has 1 aliphatic heterocycles. The van der Waals surface area contributed by atoms with Crippen LogP contribution >= 0.6 is 0 Å². The maximum absolute atomic E-state index is 10.3. The van der Waals surface area contributed by atoms with Gasteiger partial charge >= 0.3 is 0 Å². The second-order valence-electron chi connectivity index (χ2n) is 6.28. The summed E-state index contributed by atoms with van der Waals surface area (Å²) in [7, 11) is 0. The van der Waals surface area contributed by atoms with Gasteiger partial charge in [0.1, 0.15) is 0 Å². The SMILES string of the molecule is Cc1cc(C)c(CN2CC(O)(C(C)C)C2)c(C)c1. The van der Waals surface area contributed by atoms with Gasteiger partial charge in [0, 0.05) is 19.6 Å². The Bertz CT molecular complexity index is 421. The highest BCUT2D eigenvalue weighted by atomic mass is 16.3. The highest BCUT2D eigenvalue weighted by Gasteiger charge is 2.43. The van der Waals surface area contributed by atoms with Crippen LogP contribution in [-0.4, -0.2) is 28.7 Å². The predicted molar refractivity (Wildman–Crippen MR) is 75.7 cm³/mol. The van der Waals surface area contributed by atoms with E-state index in [9.17, 15) is 5.11 Å². The van der Waals surface area contributed by atoms with Crippen LogP contribution in [0, 0.1) is 26.7 Å². The number of hydrogen-bond donors (Lipinski definition) is 1. The zero-order chi connectivity index (χ0) is 13.5. The first-order chi connectivity index (χ1) is 8.32. The number of likely N-dealkylation sites (tertiary alicyclic amines) is 1. The topological polar surface area (TPSA) is 23.5 Å². The van der Waals surface area contributed by atoms with Gasteiger partial charge < -0.3 is 5.11 Å². The van der Waals surface area contributed by atoms with Crippen LogP contribution in [0.3, 0.4) is 0 Å². The molecule has 1 fully saturated rings. The lowest BCUT2D eigenvalue weighted by molar-refractivity contribution is -0.130. The first kappa shape index (κ1) is 13.6. The molecule has 0 aliphatic carbocycles. The molecule has 100 valence electrons. The van der Waals surface area contributed by atoms with Gasteiger partial charge in [-0.1, -0.05) is 31.5 Å². The molecular weight excluding hydrogens is 222 g/mol. The van der Waals surface area contributed by atoms with Gasteiger partial charge in [0.15, 0.2) is 0 Å². The fraction of sp³-hybridized carbons (Fsp3) is 0.625. The van der Waals surface area contributed by atoms with Crippen LogP contribution in [0.4, 0.5) is 0 Å². The molecule has 1 saturated heterocycles. The maximum Gasteiger partial charge on any atom is 0.0923 e. The molecule has 0 atom stereocenters. The molecule has 0 bridgehead atoms. The molecule has 0 unspecified atom stereocenters. The van der Waals surface area contributed by atoms with Gasteiger partial charge in [0.05, 0.1) is 5.60 Å². The summed E-state index contributed by atoms with van der Waals surface area (Å²) < 4.78 is 0. The average molecular weight is 247 g/mol. The zero-order valence-corrected chi connectivity index (χ0v) is 12.2. The summed E-state index contributed by atoms with van der Waals surface area (Å²) in [6.07, 6.45) is 0. The molecule has 1 N–H and O–H groups in total. The highest BCUT2D eigenvalue weighted by molar-refractivity contribution is 5.37. The Hall–Kier alpha value is -0.860. The molecule has 1 aromatic carbocycles. The molecule has 0 radical (unpaired) electrons. The molecule has 0 amide bonds. The lowest BCUT2D eigenvalue weighted by atomic mass is 9.82. The van der Waals surface area contributed by atoms with Crippen molar-refractivity contribution in [3.63, 3.8) is 0 Å². The molecule has 18 heavy (non-hydrogen) atoms. The van der Waals surface area contributed by atoms with Crippen LogP contribution in [0.5, 0.6) is 0 Å². The Morgan fingerprint density at radius 2 is 1.67 bits per heavy atom. The number of hydrogen-bond acceptors (Lipinski definition) is 2. The van der Waals surface area contributed by atoms with Crippen LogP contribution < -0.4 is 0 Å². The average Bonchev–Trinajstić information content (AvgIpc) is 2.19. The van der Waals surface area contributed by atoms with E-state index in [0.29, 0.717) is 5.92 Å². The molecule has 2 heteroatoms. The van der Waals surface area contributed by atoms with Crippen LogP contribution in [0.15, 0.2) is 12.1 Å². The Labute approximate surface area is 111 Å². The van der Waals surface area contributed by atoms with Gasteiger partial charge in [0.2, 0.25) is 0 Å². The van der Waals surface area contributed by atoms with E-state index in [1.807, 2.05) is 0 Å². The van der Waals surface area contributed by atoms with Gasteiger partial charge in [-0.25, -0.2) is 0 Å². The van der Waals surface area contributed by atoms with E-state index in [0.717, 1.165) is 19.6 Å². The van der Waals surface area contributed by atoms with Crippen LogP contribution in [-0.2, 0) is 6.54 Å². The van der Waals surface area contributed by atoms with Gasteiger partial charge in [0.25, 0.3) is 0 Å². The van der Waals surface area contributed by atoms with E-state index in [-0.39, 0.29) is 0 Å². The number of aryl methyl sites for hydroxylation is 3. The number of β-amino-alcohol motifs (C(OH)–C–C–N with tert-alkyl or cyclic N) is 1. The molecule has 1 heterocycles. The first-order valence-electron chi connectivity index (χ1n) is 6.83. The lowest BCUT2D eigenvalue weighted by Gasteiger charge is -2.49. The third-order valence-electron chi connectivity index (χ3n) is 4.29. The van der Waals surface area contributed by atoms with Gasteiger partial charge in [-0.2, -0.15) is 0 Å². The normalized spacial score (nSPS) is 19.1. The second kappa shape index (κ2) is 4.67. The van der Waals surface area contributed by atoms with Crippen LogP contribution in [0.25, 0.3) is 0 Å². The Balaban J connectivity index is 2.05. The minimum absolute atomic E-state index is 0.342. The minimum atomic E-state index is -0.466.